The number of carbonyl (C=O) groups is 1. The first-order valence-corrected chi connectivity index (χ1v) is 10.7. The molecule has 2 aromatic carbocycles. The molecule has 0 unspecified atom stereocenters. The second-order valence-electron chi connectivity index (χ2n) is 7.20. The van der Waals surface area contributed by atoms with Crippen LogP contribution in [0.1, 0.15) is 44.9 Å². The first-order valence-electron chi connectivity index (χ1n) is 10.7. The molecule has 0 fully saturated rings. The maximum atomic E-state index is 11.3. The van der Waals surface area contributed by atoms with Gasteiger partial charge in [-0.2, -0.15) is 0 Å². The van der Waals surface area contributed by atoms with E-state index >= 15 is 0 Å². The molecule has 0 aliphatic carbocycles. The molecular formula is C24H31N3O2. The Morgan fingerprint density at radius 1 is 1.00 bits per heavy atom. The Morgan fingerprint density at radius 3 is 2.62 bits per heavy atom. The molecule has 0 saturated heterocycles. The molecule has 3 rings (SSSR count). The molecule has 0 aliphatic heterocycles. The summed E-state index contributed by atoms with van der Waals surface area (Å²) >= 11 is 0. The minimum atomic E-state index is 0.129. The lowest BCUT2D eigenvalue weighted by atomic mass is 10.2. The van der Waals surface area contributed by atoms with Crippen LogP contribution >= 0.6 is 0 Å². The van der Waals surface area contributed by atoms with Gasteiger partial charge >= 0.3 is 0 Å². The second-order valence-corrected chi connectivity index (χ2v) is 7.20. The van der Waals surface area contributed by atoms with Crippen molar-refractivity contribution in [1.29, 1.82) is 0 Å². The number of nitrogens with zero attached hydrogens (tertiary/aromatic N) is 2. The molecule has 1 aromatic heterocycles. The summed E-state index contributed by atoms with van der Waals surface area (Å²) in [5.41, 5.74) is 2.25. The SMILES string of the molecule is CCC(=O)NCCCCCc1nc2ccccc2n1CCCOc1ccccc1. The summed E-state index contributed by atoms with van der Waals surface area (Å²) < 4.78 is 8.18. The van der Waals surface area contributed by atoms with Crippen molar-refractivity contribution in [1.82, 2.24) is 14.9 Å². The van der Waals surface area contributed by atoms with Gasteiger partial charge in [0.1, 0.15) is 11.6 Å². The number of fused-ring (bicyclic) bond motifs is 1. The van der Waals surface area contributed by atoms with Crippen molar-refractivity contribution < 1.29 is 9.53 Å². The van der Waals surface area contributed by atoms with E-state index in [2.05, 4.69) is 28.1 Å². The summed E-state index contributed by atoms with van der Waals surface area (Å²) in [4.78, 5) is 16.2. The highest BCUT2D eigenvalue weighted by Crippen LogP contribution is 2.18. The zero-order valence-corrected chi connectivity index (χ0v) is 17.3. The fourth-order valence-corrected chi connectivity index (χ4v) is 3.43. The molecule has 154 valence electrons. The highest BCUT2D eigenvalue weighted by atomic mass is 16.5. The topological polar surface area (TPSA) is 56.2 Å². The lowest BCUT2D eigenvalue weighted by Crippen LogP contribution is -2.23. The summed E-state index contributed by atoms with van der Waals surface area (Å²) in [6, 6.07) is 18.3. The summed E-state index contributed by atoms with van der Waals surface area (Å²) in [7, 11) is 0. The molecule has 29 heavy (non-hydrogen) atoms. The predicted octanol–water partition coefficient (Wildman–Crippen LogP) is 4.74. The van der Waals surface area contributed by atoms with Crippen molar-refractivity contribution in [2.24, 2.45) is 0 Å². The fraction of sp³-hybridized carbons (Fsp3) is 0.417. The number of carbonyl (C=O) groups excluding carboxylic acids is 1. The van der Waals surface area contributed by atoms with Crippen molar-refractivity contribution in [3.8, 4) is 5.75 Å². The molecule has 3 aromatic rings. The molecule has 5 nitrogen and oxygen atoms in total. The summed E-state index contributed by atoms with van der Waals surface area (Å²) in [5.74, 6) is 2.19. The molecular weight excluding hydrogens is 362 g/mol. The van der Waals surface area contributed by atoms with E-state index in [0.717, 1.165) is 62.3 Å². The Bertz CT molecular complexity index is 890. The smallest absolute Gasteiger partial charge is 0.219 e. The summed E-state index contributed by atoms with van der Waals surface area (Å²) in [6.45, 7) is 4.23. The van der Waals surface area contributed by atoms with Gasteiger partial charge in [-0.1, -0.05) is 43.7 Å². The average Bonchev–Trinajstić information content (AvgIpc) is 3.11. The summed E-state index contributed by atoms with van der Waals surface area (Å²) in [5, 5.41) is 2.94. The van der Waals surface area contributed by atoms with Gasteiger partial charge in [0.05, 0.1) is 17.6 Å². The van der Waals surface area contributed by atoms with E-state index in [-0.39, 0.29) is 5.91 Å². The van der Waals surface area contributed by atoms with Crippen LogP contribution in [0.15, 0.2) is 54.6 Å². The number of unbranched alkanes of at least 4 members (excludes halogenated alkanes) is 2. The number of aromatic nitrogens is 2. The lowest BCUT2D eigenvalue weighted by Gasteiger charge is -2.10. The molecule has 0 aliphatic rings. The molecule has 0 spiro atoms. The van der Waals surface area contributed by atoms with Crippen LogP contribution in [0.4, 0.5) is 0 Å². The predicted molar refractivity (Wildman–Crippen MR) is 117 cm³/mol. The number of ether oxygens (including phenoxy) is 1. The quantitative estimate of drug-likeness (QED) is 0.452. The van der Waals surface area contributed by atoms with Gasteiger partial charge in [-0.05, 0) is 43.5 Å². The molecule has 0 saturated carbocycles. The number of benzene rings is 2. The lowest BCUT2D eigenvalue weighted by molar-refractivity contribution is -0.120. The van der Waals surface area contributed by atoms with E-state index in [9.17, 15) is 4.79 Å². The number of aryl methyl sites for hydroxylation is 2. The maximum absolute atomic E-state index is 11.3. The zero-order chi connectivity index (χ0) is 20.3. The highest BCUT2D eigenvalue weighted by molar-refractivity contribution is 5.76. The second kappa shape index (κ2) is 11.2. The number of imidazole rings is 1. The Hall–Kier alpha value is -2.82. The maximum Gasteiger partial charge on any atom is 0.219 e. The molecule has 0 bridgehead atoms. The number of hydrogen-bond donors (Lipinski definition) is 1. The third-order valence-corrected chi connectivity index (χ3v) is 4.99. The normalized spacial score (nSPS) is 10.9. The van der Waals surface area contributed by atoms with Gasteiger partial charge in [0.2, 0.25) is 5.91 Å². The van der Waals surface area contributed by atoms with Gasteiger partial charge < -0.3 is 14.6 Å². The van der Waals surface area contributed by atoms with E-state index in [4.69, 9.17) is 9.72 Å². The molecule has 5 heteroatoms. The van der Waals surface area contributed by atoms with Crippen molar-refractivity contribution in [3.63, 3.8) is 0 Å². The summed E-state index contributed by atoms with van der Waals surface area (Å²) in [6.07, 6.45) is 5.62. The molecule has 1 amide bonds. The third kappa shape index (κ3) is 6.34. The number of para-hydroxylation sites is 3. The highest BCUT2D eigenvalue weighted by Gasteiger charge is 2.10. The van der Waals surface area contributed by atoms with Gasteiger partial charge in [0, 0.05) is 25.9 Å². The number of hydrogen-bond acceptors (Lipinski definition) is 3. The molecule has 1 N–H and O–H groups in total. The minimum Gasteiger partial charge on any atom is -0.494 e. The van der Waals surface area contributed by atoms with Crippen molar-refractivity contribution in [2.75, 3.05) is 13.2 Å². The van der Waals surface area contributed by atoms with E-state index < -0.39 is 0 Å². The third-order valence-electron chi connectivity index (χ3n) is 4.99. The number of nitrogens with one attached hydrogen (secondary N) is 1. The van der Waals surface area contributed by atoms with Crippen LogP contribution < -0.4 is 10.1 Å². The van der Waals surface area contributed by atoms with Gasteiger partial charge in [-0.3, -0.25) is 4.79 Å². The van der Waals surface area contributed by atoms with E-state index in [1.807, 2.05) is 43.3 Å². The van der Waals surface area contributed by atoms with E-state index in [0.29, 0.717) is 13.0 Å². The van der Waals surface area contributed by atoms with Gasteiger partial charge in [-0.25, -0.2) is 4.98 Å². The fourth-order valence-electron chi connectivity index (χ4n) is 3.43. The van der Waals surface area contributed by atoms with Crippen LogP contribution in [0.2, 0.25) is 0 Å². The van der Waals surface area contributed by atoms with E-state index in [1.165, 1.54) is 5.52 Å². The Balaban J connectivity index is 1.51. The van der Waals surface area contributed by atoms with Gasteiger partial charge in [0.25, 0.3) is 0 Å². The average molecular weight is 394 g/mol. The van der Waals surface area contributed by atoms with Crippen LogP contribution in [0.3, 0.4) is 0 Å². The van der Waals surface area contributed by atoms with Crippen molar-refractivity contribution >= 4 is 16.9 Å². The zero-order valence-electron chi connectivity index (χ0n) is 17.3. The van der Waals surface area contributed by atoms with Crippen LogP contribution in [-0.2, 0) is 17.8 Å². The molecule has 1 heterocycles. The largest absolute Gasteiger partial charge is 0.494 e. The standard InChI is InChI=1S/C24H31N3O2/c1-2-24(28)25-17-10-4-7-16-23-26-21-14-8-9-15-22(21)27(23)18-11-19-29-20-12-5-3-6-13-20/h3,5-6,8-9,12-15H,2,4,7,10-11,16-19H2,1H3,(H,25,28). The Morgan fingerprint density at radius 2 is 1.79 bits per heavy atom. The van der Waals surface area contributed by atoms with Crippen LogP contribution in [-0.4, -0.2) is 28.6 Å². The van der Waals surface area contributed by atoms with Crippen molar-refractivity contribution in [3.05, 3.63) is 60.4 Å². The monoisotopic (exact) mass is 393 g/mol. The number of rotatable bonds is 12. The Labute approximate surface area is 173 Å². The number of amides is 1. The van der Waals surface area contributed by atoms with Gasteiger partial charge in [-0.15, -0.1) is 0 Å². The molecule has 0 radical (unpaired) electrons. The van der Waals surface area contributed by atoms with E-state index in [1.54, 1.807) is 0 Å². The van der Waals surface area contributed by atoms with Crippen LogP contribution in [0.5, 0.6) is 5.75 Å². The molecule has 0 atom stereocenters. The van der Waals surface area contributed by atoms with Crippen molar-refractivity contribution in [2.45, 2.75) is 52.0 Å². The minimum absolute atomic E-state index is 0.129. The van der Waals surface area contributed by atoms with Crippen LogP contribution in [0, 0.1) is 0 Å². The van der Waals surface area contributed by atoms with Crippen LogP contribution in [0.25, 0.3) is 11.0 Å². The first-order chi connectivity index (χ1) is 14.3. The Kier molecular flexibility index (Phi) is 8.11. The first kappa shape index (κ1) is 20.9. The van der Waals surface area contributed by atoms with Gasteiger partial charge in [0.15, 0.2) is 0 Å².